The summed E-state index contributed by atoms with van der Waals surface area (Å²) in [7, 11) is 0. The van der Waals surface area contributed by atoms with Crippen molar-refractivity contribution >= 4 is 17.6 Å². The van der Waals surface area contributed by atoms with Gasteiger partial charge in [-0.1, -0.05) is 19.9 Å². The van der Waals surface area contributed by atoms with Crippen LogP contribution in [-0.4, -0.2) is 14.6 Å². The summed E-state index contributed by atoms with van der Waals surface area (Å²) in [5, 5.41) is 16.3. The van der Waals surface area contributed by atoms with Crippen LogP contribution in [0.4, 0.5) is 0 Å². The molecule has 116 valence electrons. The fraction of sp³-hybridized carbons (Fsp3) is 0.235. The van der Waals surface area contributed by atoms with Crippen LogP contribution >= 0.6 is 12.0 Å². The maximum absolute atomic E-state index is 8.68. The summed E-state index contributed by atoms with van der Waals surface area (Å²) in [4.78, 5) is 0. The Balaban J connectivity index is 1.66. The smallest absolute Gasteiger partial charge is 0.247 e. The molecule has 0 unspecified atom stereocenters. The highest BCUT2D eigenvalue weighted by Crippen LogP contribution is 2.23. The maximum Gasteiger partial charge on any atom is 0.247 e. The molecule has 0 aliphatic rings. The maximum atomic E-state index is 8.68. The standard InChI is InChI=1S/C17H16N4OS/c1-12(2)13-3-5-16-14(7-8-21(16)10-13)11-23-22-17-6-4-15(9-18)19-20-17/h3-8,10,12H,11H2,1-2H3. The van der Waals surface area contributed by atoms with E-state index in [4.69, 9.17) is 9.44 Å². The summed E-state index contributed by atoms with van der Waals surface area (Å²) < 4.78 is 7.66. The fourth-order valence-electron chi connectivity index (χ4n) is 2.23. The molecule has 0 fully saturated rings. The zero-order valence-corrected chi connectivity index (χ0v) is 13.7. The second-order valence-corrected chi connectivity index (χ2v) is 6.16. The van der Waals surface area contributed by atoms with Crippen molar-refractivity contribution in [3.05, 3.63) is 59.5 Å². The highest BCUT2D eigenvalue weighted by molar-refractivity contribution is 7.94. The van der Waals surface area contributed by atoms with E-state index < -0.39 is 0 Å². The van der Waals surface area contributed by atoms with Gasteiger partial charge in [0.25, 0.3) is 0 Å². The van der Waals surface area contributed by atoms with Crippen molar-refractivity contribution in [1.82, 2.24) is 14.6 Å². The van der Waals surface area contributed by atoms with Gasteiger partial charge >= 0.3 is 0 Å². The zero-order chi connectivity index (χ0) is 16.2. The molecule has 3 rings (SSSR count). The summed E-state index contributed by atoms with van der Waals surface area (Å²) in [6, 6.07) is 11.6. The molecule has 0 saturated carbocycles. The average molecular weight is 324 g/mol. The van der Waals surface area contributed by atoms with Crippen LogP contribution in [-0.2, 0) is 5.75 Å². The van der Waals surface area contributed by atoms with Gasteiger partial charge in [0.05, 0.1) is 17.8 Å². The van der Waals surface area contributed by atoms with Crippen molar-refractivity contribution in [1.29, 1.82) is 5.26 Å². The molecule has 0 N–H and O–H groups in total. The lowest BCUT2D eigenvalue weighted by Crippen LogP contribution is -1.93. The Hall–Kier alpha value is -2.52. The minimum absolute atomic E-state index is 0.279. The third-order valence-electron chi connectivity index (χ3n) is 3.55. The SMILES string of the molecule is CC(C)c1ccc2c(CSOc3ccc(C#N)nn3)ccn2c1. The van der Waals surface area contributed by atoms with Crippen molar-refractivity contribution in [2.24, 2.45) is 0 Å². The lowest BCUT2D eigenvalue weighted by Gasteiger charge is -2.07. The van der Waals surface area contributed by atoms with Crippen molar-refractivity contribution in [3.8, 4) is 11.9 Å². The van der Waals surface area contributed by atoms with Crippen LogP contribution in [0, 0.1) is 11.3 Å². The number of fused-ring (bicyclic) bond motifs is 1. The van der Waals surface area contributed by atoms with E-state index in [1.165, 1.54) is 28.7 Å². The molecule has 0 aromatic carbocycles. The number of nitrogens with zero attached hydrogens (tertiary/aromatic N) is 4. The van der Waals surface area contributed by atoms with E-state index in [0.29, 0.717) is 17.6 Å². The van der Waals surface area contributed by atoms with Gasteiger partial charge in [-0.15, -0.1) is 10.2 Å². The molecule has 0 bridgehead atoms. The third-order valence-corrected chi connectivity index (χ3v) is 4.26. The predicted molar refractivity (Wildman–Crippen MR) is 90.2 cm³/mol. The first-order valence-electron chi connectivity index (χ1n) is 7.30. The Kier molecular flexibility index (Phi) is 4.49. The number of pyridine rings is 1. The van der Waals surface area contributed by atoms with Crippen LogP contribution in [0.5, 0.6) is 5.88 Å². The molecule has 6 heteroatoms. The lowest BCUT2D eigenvalue weighted by molar-refractivity contribution is 0.599. The average Bonchev–Trinajstić information content (AvgIpc) is 2.98. The molecule has 0 aliphatic heterocycles. The minimum Gasteiger partial charge on any atom is -0.404 e. The van der Waals surface area contributed by atoms with Crippen molar-refractivity contribution in [2.75, 3.05) is 0 Å². The lowest BCUT2D eigenvalue weighted by atomic mass is 10.1. The van der Waals surface area contributed by atoms with Crippen LogP contribution < -0.4 is 4.18 Å². The van der Waals surface area contributed by atoms with E-state index in [2.05, 4.69) is 59.0 Å². The van der Waals surface area contributed by atoms with Gasteiger partial charge in [0.1, 0.15) is 6.07 Å². The van der Waals surface area contributed by atoms with E-state index in [1.54, 1.807) is 12.1 Å². The van der Waals surface area contributed by atoms with Crippen molar-refractivity contribution in [3.63, 3.8) is 0 Å². The Morgan fingerprint density at radius 1 is 1.22 bits per heavy atom. The van der Waals surface area contributed by atoms with Crippen LogP contribution in [0.3, 0.4) is 0 Å². The predicted octanol–water partition coefficient (Wildman–Crippen LogP) is 3.95. The molecule has 0 radical (unpaired) electrons. The van der Waals surface area contributed by atoms with Gasteiger partial charge < -0.3 is 8.58 Å². The topological polar surface area (TPSA) is 63.2 Å². The molecular weight excluding hydrogens is 308 g/mol. The van der Waals surface area contributed by atoms with Gasteiger partial charge in [-0.05, 0) is 35.2 Å². The van der Waals surface area contributed by atoms with Crippen LogP contribution in [0.2, 0.25) is 0 Å². The largest absolute Gasteiger partial charge is 0.404 e. The van der Waals surface area contributed by atoms with Gasteiger partial charge in [-0.3, -0.25) is 0 Å². The normalized spacial score (nSPS) is 10.9. The van der Waals surface area contributed by atoms with E-state index in [-0.39, 0.29) is 5.69 Å². The van der Waals surface area contributed by atoms with Gasteiger partial charge in [0, 0.05) is 24.0 Å². The first-order valence-corrected chi connectivity index (χ1v) is 8.21. The van der Waals surface area contributed by atoms with Gasteiger partial charge in [-0.2, -0.15) is 5.26 Å². The van der Waals surface area contributed by atoms with Crippen LogP contribution in [0.15, 0.2) is 42.7 Å². The first-order chi connectivity index (χ1) is 11.2. The molecule has 23 heavy (non-hydrogen) atoms. The number of nitriles is 1. The molecular formula is C17H16N4OS. The van der Waals surface area contributed by atoms with Crippen molar-refractivity contribution < 1.29 is 4.18 Å². The monoisotopic (exact) mass is 324 g/mol. The van der Waals surface area contributed by atoms with Crippen LogP contribution in [0.1, 0.15) is 36.6 Å². The summed E-state index contributed by atoms with van der Waals surface area (Å²) in [6.45, 7) is 4.38. The van der Waals surface area contributed by atoms with E-state index in [1.807, 2.05) is 6.07 Å². The molecule has 3 heterocycles. The quantitative estimate of drug-likeness (QED) is 0.665. The molecule has 3 aromatic heterocycles. The van der Waals surface area contributed by atoms with E-state index >= 15 is 0 Å². The van der Waals surface area contributed by atoms with Gasteiger partial charge in [0.15, 0.2) is 5.69 Å². The second kappa shape index (κ2) is 6.71. The fourth-order valence-corrected chi connectivity index (χ4v) is 2.87. The number of hydrogen-bond acceptors (Lipinski definition) is 5. The molecule has 3 aromatic rings. The first kappa shape index (κ1) is 15.4. The zero-order valence-electron chi connectivity index (χ0n) is 12.9. The van der Waals surface area contributed by atoms with E-state index in [0.717, 1.165) is 0 Å². The Labute approximate surface area is 139 Å². The number of rotatable bonds is 5. The Morgan fingerprint density at radius 3 is 2.78 bits per heavy atom. The molecule has 0 spiro atoms. The van der Waals surface area contributed by atoms with Gasteiger partial charge in [-0.25, -0.2) is 0 Å². The summed E-state index contributed by atoms with van der Waals surface area (Å²) in [6.07, 6.45) is 4.24. The van der Waals surface area contributed by atoms with Crippen LogP contribution in [0.25, 0.3) is 5.52 Å². The number of aromatic nitrogens is 3. The molecule has 0 aliphatic carbocycles. The second-order valence-electron chi connectivity index (χ2n) is 5.46. The minimum atomic E-state index is 0.279. The van der Waals surface area contributed by atoms with E-state index in [9.17, 15) is 0 Å². The highest BCUT2D eigenvalue weighted by Gasteiger charge is 2.07. The summed E-state index contributed by atoms with van der Waals surface area (Å²) in [5.74, 6) is 1.62. The highest BCUT2D eigenvalue weighted by atomic mass is 32.2. The Bertz CT molecular complexity index is 849. The van der Waals surface area contributed by atoms with Crippen molar-refractivity contribution in [2.45, 2.75) is 25.5 Å². The van der Waals surface area contributed by atoms with Gasteiger partial charge in [0.2, 0.25) is 5.88 Å². The molecule has 5 nitrogen and oxygen atoms in total. The summed E-state index contributed by atoms with van der Waals surface area (Å²) in [5.41, 5.74) is 3.97. The molecule has 0 amide bonds. The molecule has 0 atom stereocenters. The summed E-state index contributed by atoms with van der Waals surface area (Å²) >= 11 is 1.30. The Morgan fingerprint density at radius 2 is 2.09 bits per heavy atom. The molecule has 0 saturated heterocycles. The number of hydrogen-bond donors (Lipinski definition) is 0. The third kappa shape index (κ3) is 3.46.